The van der Waals surface area contributed by atoms with Crippen molar-refractivity contribution < 1.29 is 4.79 Å². The molecule has 0 atom stereocenters. The molecule has 5 heteroatoms. The smallest absolute Gasteiger partial charge is 0.144 e. The highest BCUT2D eigenvalue weighted by Gasteiger charge is 2.32. The molecular weight excluding hydrogens is 504 g/mol. The molecule has 0 N–H and O–H groups in total. The summed E-state index contributed by atoms with van der Waals surface area (Å²) < 4.78 is 0. The molecule has 0 bridgehead atoms. The Morgan fingerprint density at radius 2 is 0.854 bits per heavy atom. The topological polar surface area (TPSA) is 48.3 Å². The molecule has 0 radical (unpaired) electrons. The zero-order chi connectivity index (χ0) is 28.3. The minimum Gasteiger partial charge on any atom is -0.299 e. The summed E-state index contributed by atoms with van der Waals surface area (Å²) in [6.45, 7) is 4.36. The Balaban J connectivity index is 1.46. The molecule has 1 saturated carbocycles. The van der Waals surface area contributed by atoms with Gasteiger partial charge in [0, 0.05) is 0 Å². The third-order valence-corrected chi connectivity index (χ3v) is 7.31. The van der Waals surface area contributed by atoms with Gasteiger partial charge in [-0.3, -0.25) is 14.8 Å². The van der Waals surface area contributed by atoms with E-state index < -0.39 is 5.92 Å². The number of hydrogen-bond acceptors (Lipinski definition) is 5. The van der Waals surface area contributed by atoms with Crippen LogP contribution in [0.15, 0.2) is 132 Å². The first-order chi connectivity index (χ1) is 20.1. The standard InChI is InChI=1S/C36H38N4O/c1-29(41)36-34(37-39(25-30-15-6-2-7-16-30)26-31-17-8-3-9-18-31)23-14-24-35(36)38-40(27-32-19-10-4-11-20-32)28-33-21-12-5-13-22-33/h2-13,15-22,36H,14,23-28H2,1H3/b37-34+,38-35+. The molecule has 1 aliphatic rings. The van der Waals surface area contributed by atoms with Crippen molar-refractivity contribution in [1.29, 1.82) is 0 Å². The van der Waals surface area contributed by atoms with Crippen LogP contribution in [-0.4, -0.2) is 27.2 Å². The molecular formula is C36H38N4O. The number of ketones is 1. The second-order valence-corrected chi connectivity index (χ2v) is 10.7. The molecule has 41 heavy (non-hydrogen) atoms. The first kappa shape index (κ1) is 28.0. The maximum atomic E-state index is 13.2. The summed E-state index contributed by atoms with van der Waals surface area (Å²) in [5.74, 6) is -0.312. The monoisotopic (exact) mass is 542 g/mol. The summed E-state index contributed by atoms with van der Waals surface area (Å²) >= 11 is 0. The van der Waals surface area contributed by atoms with E-state index in [9.17, 15) is 4.79 Å². The fourth-order valence-corrected chi connectivity index (χ4v) is 5.41. The van der Waals surface area contributed by atoms with Gasteiger partial charge in [-0.2, -0.15) is 10.2 Å². The van der Waals surface area contributed by atoms with Crippen LogP contribution in [0.3, 0.4) is 0 Å². The number of hydrazone groups is 2. The van der Waals surface area contributed by atoms with E-state index in [0.29, 0.717) is 26.2 Å². The second-order valence-electron chi connectivity index (χ2n) is 10.7. The van der Waals surface area contributed by atoms with E-state index in [1.54, 1.807) is 6.92 Å². The van der Waals surface area contributed by atoms with Crippen LogP contribution in [-0.2, 0) is 31.0 Å². The second kappa shape index (κ2) is 14.2. The van der Waals surface area contributed by atoms with Gasteiger partial charge >= 0.3 is 0 Å². The van der Waals surface area contributed by atoms with Crippen molar-refractivity contribution in [2.75, 3.05) is 0 Å². The van der Waals surface area contributed by atoms with E-state index >= 15 is 0 Å². The summed E-state index contributed by atoms with van der Waals surface area (Å²) in [6.07, 6.45) is 2.51. The van der Waals surface area contributed by atoms with Crippen LogP contribution in [0.25, 0.3) is 0 Å². The maximum absolute atomic E-state index is 13.2. The van der Waals surface area contributed by atoms with Crippen molar-refractivity contribution in [2.45, 2.75) is 52.4 Å². The van der Waals surface area contributed by atoms with Crippen LogP contribution in [0.4, 0.5) is 0 Å². The van der Waals surface area contributed by atoms with Gasteiger partial charge in [-0.15, -0.1) is 0 Å². The number of carbonyl (C=O) groups is 1. The molecule has 0 unspecified atom stereocenters. The van der Waals surface area contributed by atoms with Gasteiger partial charge in [-0.25, -0.2) is 0 Å². The Morgan fingerprint density at radius 3 is 1.12 bits per heavy atom. The highest BCUT2D eigenvalue weighted by atomic mass is 16.1. The average molecular weight is 543 g/mol. The average Bonchev–Trinajstić information content (AvgIpc) is 2.99. The van der Waals surface area contributed by atoms with Gasteiger partial charge in [0.05, 0.1) is 43.5 Å². The summed E-state index contributed by atoms with van der Waals surface area (Å²) in [6, 6.07) is 41.6. The fraction of sp³-hybridized carbons (Fsp3) is 0.250. The number of nitrogens with zero attached hydrogens (tertiary/aromatic N) is 4. The van der Waals surface area contributed by atoms with Crippen LogP contribution in [0.2, 0.25) is 0 Å². The summed E-state index contributed by atoms with van der Waals surface area (Å²) in [4.78, 5) is 13.2. The van der Waals surface area contributed by atoms with E-state index in [4.69, 9.17) is 10.2 Å². The number of hydrogen-bond donors (Lipinski definition) is 0. The SMILES string of the molecule is CC(=O)C1/C(=N/N(Cc2ccccc2)Cc2ccccc2)CCC/C1=N\N(Cc1ccccc1)Cc1ccccc1. The third-order valence-electron chi connectivity index (χ3n) is 7.31. The molecule has 208 valence electrons. The lowest BCUT2D eigenvalue weighted by Gasteiger charge is -2.30. The van der Waals surface area contributed by atoms with Crippen LogP contribution < -0.4 is 0 Å². The molecule has 0 amide bonds. The minimum absolute atomic E-state index is 0.0981. The maximum Gasteiger partial charge on any atom is 0.144 e. The van der Waals surface area contributed by atoms with Crippen LogP contribution in [0, 0.1) is 5.92 Å². The number of Topliss-reactive ketones (excluding diaryl/α,β-unsaturated/α-hetero) is 1. The molecule has 5 rings (SSSR count). The van der Waals surface area contributed by atoms with E-state index in [-0.39, 0.29) is 5.78 Å². The van der Waals surface area contributed by atoms with Crippen molar-refractivity contribution in [3.05, 3.63) is 144 Å². The molecule has 0 heterocycles. The van der Waals surface area contributed by atoms with Gasteiger partial charge in [0.25, 0.3) is 0 Å². The molecule has 0 saturated heterocycles. The Morgan fingerprint density at radius 1 is 0.561 bits per heavy atom. The molecule has 5 nitrogen and oxygen atoms in total. The molecule has 0 spiro atoms. The molecule has 0 aromatic heterocycles. The Bertz CT molecular complexity index is 1250. The first-order valence-corrected chi connectivity index (χ1v) is 14.4. The molecule has 1 aliphatic carbocycles. The van der Waals surface area contributed by atoms with Crippen molar-refractivity contribution in [2.24, 2.45) is 16.1 Å². The summed E-state index contributed by atoms with van der Waals surface area (Å²) in [5, 5.41) is 14.6. The highest BCUT2D eigenvalue weighted by molar-refractivity contribution is 6.23. The van der Waals surface area contributed by atoms with Gasteiger partial charge < -0.3 is 0 Å². The summed E-state index contributed by atoms with van der Waals surface area (Å²) in [7, 11) is 0. The van der Waals surface area contributed by atoms with Gasteiger partial charge in [0.1, 0.15) is 5.78 Å². The normalized spacial score (nSPS) is 17.0. The van der Waals surface area contributed by atoms with Gasteiger partial charge in [-0.1, -0.05) is 121 Å². The van der Waals surface area contributed by atoms with Crippen LogP contribution >= 0.6 is 0 Å². The van der Waals surface area contributed by atoms with Gasteiger partial charge in [0.15, 0.2) is 0 Å². The van der Waals surface area contributed by atoms with Crippen molar-refractivity contribution in [1.82, 2.24) is 10.0 Å². The molecule has 1 fully saturated rings. The lowest BCUT2D eigenvalue weighted by molar-refractivity contribution is -0.117. The number of benzene rings is 4. The zero-order valence-electron chi connectivity index (χ0n) is 23.8. The van der Waals surface area contributed by atoms with Crippen LogP contribution in [0.5, 0.6) is 0 Å². The highest BCUT2D eigenvalue weighted by Crippen LogP contribution is 2.25. The van der Waals surface area contributed by atoms with Crippen LogP contribution in [0.1, 0.15) is 48.4 Å². The fourth-order valence-electron chi connectivity index (χ4n) is 5.41. The Hall–Kier alpha value is -4.51. The van der Waals surface area contributed by atoms with E-state index in [0.717, 1.165) is 30.7 Å². The van der Waals surface area contributed by atoms with Crippen molar-refractivity contribution in [3.8, 4) is 0 Å². The Labute approximate surface area is 243 Å². The van der Waals surface area contributed by atoms with Gasteiger partial charge in [0.2, 0.25) is 0 Å². The third kappa shape index (κ3) is 8.24. The zero-order valence-corrected chi connectivity index (χ0v) is 23.8. The number of carbonyl (C=O) groups excluding carboxylic acids is 1. The predicted molar refractivity (Wildman–Crippen MR) is 167 cm³/mol. The lowest BCUT2D eigenvalue weighted by Crippen LogP contribution is -2.37. The lowest BCUT2D eigenvalue weighted by atomic mass is 9.83. The van der Waals surface area contributed by atoms with Gasteiger partial charge in [-0.05, 0) is 48.4 Å². The number of rotatable bonds is 11. The minimum atomic E-state index is -0.410. The van der Waals surface area contributed by atoms with Crippen molar-refractivity contribution in [3.63, 3.8) is 0 Å². The molecule has 4 aromatic carbocycles. The molecule has 4 aromatic rings. The van der Waals surface area contributed by atoms with Crippen molar-refractivity contribution >= 4 is 17.2 Å². The summed E-state index contributed by atoms with van der Waals surface area (Å²) in [5.41, 5.74) is 6.58. The van der Waals surface area contributed by atoms with E-state index in [1.807, 2.05) is 24.3 Å². The predicted octanol–water partition coefficient (Wildman–Crippen LogP) is 7.49. The Kier molecular flexibility index (Phi) is 9.72. The quantitative estimate of drug-likeness (QED) is 0.185. The largest absolute Gasteiger partial charge is 0.299 e. The molecule has 0 aliphatic heterocycles. The van der Waals surface area contributed by atoms with E-state index in [1.165, 1.54) is 22.3 Å². The first-order valence-electron chi connectivity index (χ1n) is 14.4. The van der Waals surface area contributed by atoms with E-state index in [2.05, 4.69) is 107 Å².